The van der Waals surface area contributed by atoms with Gasteiger partial charge in [-0.2, -0.15) is 0 Å². The predicted octanol–water partition coefficient (Wildman–Crippen LogP) is 2.73. The number of ether oxygens (including phenoxy) is 1. The molecule has 0 bridgehead atoms. The number of pyridine rings is 1. The average molecular weight is 279 g/mol. The molecule has 0 amide bonds. The molecule has 100 valence electrons. The normalized spacial score (nSPS) is 16.6. The Hall–Kier alpha value is -1.69. The molecule has 1 aliphatic heterocycles. The van der Waals surface area contributed by atoms with Gasteiger partial charge < -0.3 is 9.64 Å². The quantitative estimate of drug-likeness (QED) is 0.866. The highest BCUT2D eigenvalue weighted by atomic mass is 32.1. The SMILES string of the molecule is Fc1cccnc1N1CCC(Oc2nccs2)CC1. The molecule has 4 nitrogen and oxygen atoms in total. The Balaban J connectivity index is 1.59. The lowest BCUT2D eigenvalue weighted by Crippen LogP contribution is -2.39. The fraction of sp³-hybridized carbons (Fsp3) is 0.385. The van der Waals surface area contributed by atoms with E-state index in [-0.39, 0.29) is 11.9 Å². The van der Waals surface area contributed by atoms with Crippen molar-refractivity contribution in [3.63, 3.8) is 0 Å². The number of aromatic nitrogens is 2. The molecule has 2 aromatic heterocycles. The van der Waals surface area contributed by atoms with E-state index in [1.54, 1.807) is 18.5 Å². The molecule has 19 heavy (non-hydrogen) atoms. The number of hydrogen-bond donors (Lipinski definition) is 0. The summed E-state index contributed by atoms with van der Waals surface area (Å²) in [6.07, 6.45) is 5.23. The third-order valence-corrected chi connectivity index (χ3v) is 3.82. The van der Waals surface area contributed by atoms with Gasteiger partial charge in [0, 0.05) is 43.7 Å². The summed E-state index contributed by atoms with van der Waals surface area (Å²) in [4.78, 5) is 10.2. The van der Waals surface area contributed by atoms with Crippen LogP contribution in [0.1, 0.15) is 12.8 Å². The number of nitrogens with zero attached hydrogens (tertiary/aromatic N) is 3. The van der Waals surface area contributed by atoms with Crippen molar-refractivity contribution in [3.8, 4) is 5.19 Å². The van der Waals surface area contributed by atoms with E-state index < -0.39 is 0 Å². The summed E-state index contributed by atoms with van der Waals surface area (Å²) in [6.45, 7) is 1.51. The largest absolute Gasteiger partial charge is 0.467 e. The summed E-state index contributed by atoms with van der Waals surface area (Å²) < 4.78 is 19.4. The molecule has 0 saturated carbocycles. The second-order valence-corrected chi connectivity index (χ2v) is 5.27. The predicted molar refractivity (Wildman–Crippen MR) is 72.2 cm³/mol. The Labute approximate surface area is 114 Å². The van der Waals surface area contributed by atoms with E-state index in [2.05, 4.69) is 9.97 Å². The Bertz CT molecular complexity index is 526. The zero-order valence-electron chi connectivity index (χ0n) is 10.3. The highest BCUT2D eigenvalue weighted by molar-refractivity contribution is 7.11. The molecule has 1 saturated heterocycles. The Morgan fingerprint density at radius 1 is 1.26 bits per heavy atom. The van der Waals surface area contributed by atoms with Gasteiger partial charge in [0.2, 0.25) is 0 Å². The Morgan fingerprint density at radius 2 is 2.11 bits per heavy atom. The smallest absolute Gasteiger partial charge is 0.273 e. The molecule has 1 aliphatic rings. The number of piperidine rings is 1. The minimum absolute atomic E-state index is 0.161. The molecule has 0 unspecified atom stereocenters. The highest BCUT2D eigenvalue weighted by Gasteiger charge is 2.23. The molecule has 1 fully saturated rings. The molecule has 0 spiro atoms. The van der Waals surface area contributed by atoms with Gasteiger partial charge in [-0.1, -0.05) is 11.3 Å². The summed E-state index contributed by atoms with van der Waals surface area (Å²) in [5.41, 5.74) is 0. The van der Waals surface area contributed by atoms with Crippen molar-refractivity contribution in [1.82, 2.24) is 9.97 Å². The lowest BCUT2D eigenvalue weighted by molar-refractivity contribution is 0.170. The van der Waals surface area contributed by atoms with Crippen molar-refractivity contribution in [2.24, 2.45) is 0 Å². The van der Waals surface area contributed by atoms with Crippen molar-refractivity contribution in [2.45, 2.75) is 18.9 Å². The van der Waals surface area contributed by atoms with Gasteiger partial charge in [0.05, 0.1) is 0 Å². The summed E-state index contributed by atoms with van der Waals surface area (Å²) in [7, 11) is 0. The van der Waals surface area contributed by atoms with Crippen LogP contribution in [-0.4, -0.2) is 29.2 Å². The van der Waals surface area contributed by atoms with Crippen LogP contribution in [0, 0.1) is 5.82 Å². The zero-order chi connectivity index (χ0) is 13.1. The second-order valence-electron chi connectivity index (χ2n) is 4.41. The number of anilines is 1. The van der Waals surface area contributed by atoms with Crippen LogP contribution in [0.25, 0.3) is 0 Å². The van der Waals surface area contributed by atoms with Crippen LogP contribution in [-0.2, 0) is 0 Å². The standard InChI is InChI=1S/C13H14FN3OS/c14-11-2-1-5-15-12(11)17-7-3-10(4-8-17)18-13-16-6-9-19-13/h1-2,5-6,9-10H,3-4,7-8H2. The molecule has 2 aromatic rings. The summed E-state index contributed by atoms with van der Waals surface area (Å²) >= 11 is 1.50. The van der Waals surface area contributed by atoms with Crippen molar-refractivity contribution < 1.29 is 9.13 Å². The second kappa shape index (κ2) is 5.52. The van der Waals surface area contributed by atoms with Crippen LogP contribution < -0.4 is 9.64 Å². The molecular formula is C13H14FN3OS. The molecule has 0 radical (unpaired) electrons. The molecule has 0 aromatic carbocycles. The van der Waals surface area contributed by atoms with E-state index in [0.29, 0.717) is 11.0 Å². The van der Waals surface area contributed by atoms with Crippen molar-refractivity contribution in [3.05, 3.63) is 35.7 Å². The molecule has 3 heterocycles. The molecule has 3 rings (SSSR count). The Morgan fingerprint density at radius 3 is 2.79 bits per heavy atom. The summed E-state index contributed by atoms with van der Waals surface area (Å²) in [6, 6.07) is 3.05. The maximum Gasteiger partial charge on any atom is 0.273 e. The van der Waals surface area contributed by atoms with E-state index in [1.807, 2.05) is 10.3 Å². The van der Waals surface area contributed by atoms with Gasteiger partial charge in [0.1, 0.15) is 6.10 Å². The number of halogens is 1. The van der Waals surface area contributed by atoms with Gasteiger partial charge >= 0.3 is 0 Å². The highest BCUT2D eigenvalue weighted by Crippen LogP contribution is 2.24. The van der Waals surface area contributed by atoms with E-state index in [1.165, 1.54) is 17.4 Å². The summed E-state index contributed by atoms with van der Waals surface area (Å²) in [5, 5.41) is 2.61. The summed E-state index contributed by atoms with van der Waals surface area (Å²) in [5.74, 6) is 0.178. The number of thiazole rings is 1. The van der Waals surface area contributed by atoms with Gasteiger partial charge in [-0.3, -0.25) is 0 Å². The third kappa shape index (κ3) is 2.84. The van der Waals surface area contributed by atoms with Gasteiger partial charge in [-0.25, -0.2) is 14.4 Å². The fourth-order valence-corrected chi connectivity index (χ4v) is 2.76. The minimum Gasteiger partial charge on any atom is -0.467 e. The van der Waals surface area contributed by atoms with Gasteiger partial charge in [0.15, 0.2) is 11.6 Å². The topological polar surface area (TPSA) is 38.2 Å². The van der Waals surface area contributed by atoms with E-state index >= 15 is 0 Å². The van der Waals surface area contributed by atoms with Gasteiger partial charge in [-0.15, -0.1) is 0 Å². The van der Waals surface area contributed by atoms with Crippen molar-refractivity contribution in [1.29, 1.82) is 0 Å². The molecule has 6 heteroatoms. The van der Waals surface area contributed by atoms with E-state index in [4.69, 9.17) is 4.74 Å². The van der Waals surface area contributed by atoms with Gasteiger partial charge in [-0.05, 0) is 12.1 Å². The zero-order valence-corrected chi connectivity index (χ0v) is 11.1. The lowest BCUT2D eigenvalue weighted by atomic mass is 10.1. The first-order valence-electron chi connectivity index (χ1n) is 6.24. The number of rotatable bonds is 3. The third-order valence-electron chi connectivity index (χ3n) is 3.16. The van der Waals surface area contributed by atoms with Crippen LogP contribution in [0.5, 0.6) is 5.19 Å². The van der Waals surface area contributed by atoms with Crippen molar-refractivity contribution in [2.75, 3.05) is 18.0 Å². The van der Waals surface area contributed by atoms with Crippen LogP contribution in [0.3, 0.4) is 0 Å². The number of hydrogen-bond acceptors (Lipinski definition) is 5. The maximum atomic E-state index is 13.6. The molecular weight excluding hydrogens is 265 g/mol. The minimum atomic E-state index is -0.262. The first kappa shape index (κ1) is 12.3. The molecule has 0 atom stereocenters. The maximum absolute atomic E-state index is 13.6. The van der Waals surface area contributed by atoms with Crippen LogP contribution in [0.2, 0.25) is 0 Å². The molecule has 0 N–H and O–H groups in total. The lowest BCUT2D eigenvalue weighted by Gasteiger charge is -2.32. The van der Waals surface area contributed by atoms with Gasteiger partial charge in [0.25, 0.3) is 5.19 Å². The Kier molecular flexibility index (Phi) is 3.59. The molecule has 0 aliphatic carbocycles. The first-order valence-corrected chi connectivity index (χ1v) is 7.12. The van der Waals surface area contributed by atoms with E-state index in [9.17, 15) is 4.39 Å². The van der Waals surface area contributed by atoms with Crippen molar-refractivity contribution >= 4 is 17.2 Å². The average Bonchev–Trinajstić information content (AvgIpc) is 2.93. The van der Waals surface area contributed by atoms with E-state index in [0.717, 1.165) is 25.9 Å². The van der Waals surface area contributed by atoms with Crippen LogP contribution in [0.4, 0.5) is 10.2 Å². The van der Waals surface area contributed by atoms with Crippen LogP contribution in [0.15, 0.2) is 29.9 Å². The van der Waals surface area contributed by atoms with Crippen LogP contribution >= 0.6 is 11.3 Å². The first-order chi connectivity index (χ1) is 9.33. The fourth-order valence-electron chi connectivity index (χ4n) is 2.21. The monoisotopic (exact) mass is 279 g/mol.